The van der Waals surface area contributed by atoms with Crippen molar-refractivity contribution in [2.75, 3.05) is 0 Å². The second-order valence-corrected chi connectivity index (χ2v) is 7.28. The molecular formula is C16H24OS. The molecule has 1 saturated carbocycles. The fraction of sp³-hybridized carbons (Fsp3) is 0.625. The molecule has 0 aliphatic heterocycles. The smallest absolute Gasteiger partial charge is 0.0762 e. The topological polar surface area (TPSA) is 20.2 Å². The number of aliphatic hydroxyl groups is 1. The van der Waals surface area contributed by atoms with E-state index in [1.165, 1.54) is 24.2 Å². The molecule has 1 nitrogen and oxygen atoms in total. The largest absolute Gasteiger partial charge is 0.389 e. The highest BCUT2D eigenvalue weighted by atomic mass is 32.2. The van der Waals surface area contributed by atoms with E-state index in [0.29, 0.717) is 0 Å². The van der Waals surface area contributed by atoms with Gasteiger partial charge in [-0.1, -0.05) is 26.0 Å². The van der Waals surface area contributed by atoms with Crippen molar-refractivity contribution >= 4 is 11.8 Å². The highest BCUT2D eigenvalue weighted by Gasteiger charge is 2.24. The van der Waals surface area contributed by atoms with Crippen LogP contribution in [0.4, 0.5) is 0 Å². The van der Waals surface area contributed by atoms with Gasteiger partial charge in [0, 0.05) is 10.1 Å². The Morgan fingerprint density at radius 1 is 1.17 bits per heavy atom. The van der Waals surface area contributed by atoms with Gasteiger partial charge in [0.2, 0.25) is 0 Å². The second-order valence-electron chi connectivity index (χ2n) is 5.91. The van der Waals surface area contributed by atoms with E-state index in [1.807, 2.05) is 24.8 Å². The molecule has 18 heavy (non-hydrogen) atoms. The number of benzene rings is 1. The molecule has 3 atom stereocenters. The van der Waals surface area contributed by atoms with Crippen molar-refractivity contribution in [3.8, 4) is 0 Å². The first-order valence-corrected chi connectivity index (χ1v) is 7.87. The summed E-state index contributed by atoms with van der Waals surface area (Å²) in [6.07, 6.45) is 3.67. The van der Waals surface area contributed by atoms with E-state index in [1.54, 1.807) is 0 Å². The normalized spacial score (nSPS) is 30.1. The van der Waals surface area contributed by atoms with Gasteiger partial charge in [-0.25, -0.2) is 0 Å². The van der Waals surface area contributed by atoms with Crippen molar-refractivity contribution in [1.82, 2.24) is 0 Å². The summed E-state index contributed by atoms with van der Waals surface area (Å²) in [5, 5.41) is 10.4. The molecule has 0 heterocycles. The average Bonchev–Trinajstić information content (AvgIpc) is 2.27. The van der Waals surface area contributed by atoms with Gasteiger partial charge in [0.05, 0.1) is 6.10 Å². The Morgan fingerprint density at radius 2 is 1.83 bits per heavy atom. The van der Waals surface area contributed by atoms with Crippen molar-refractivity contribution in [1.29, 1.82) is 0 Å². The lowest BCUT2D eigenvalue weighted by Crippen LogP contribution is -2.21. The minimum absolute atomic E-state index is 0.366. The first-order chi connectivity index (χ1) is 8.54. The molecule has 2 rings (SSSR count). The average molecular weight is 264 g/mol. The zero-order chi connectivity index (χ0) is 13.1. The highest BCUT2D eigenvalue weighted by Crippen LogP contribution is 2.39. The summed E-state index contributed by atoms with van der Waals surface area (Å²) in [6, 6.07) is 8.36. The molecule has 1 aliphatic carbocycles. The summed E-state index contributed by atoms with van der Waals surface area (Å²) in [5.41, 5.74) is 1.02. The minimum Gasteiger partial charge on any atom is -0.389 e. The number of aliphatic hydroxyl groups excluding tert-OH is 1. The van der Waals surface area contributed by atoms with Crippen LogP contribution in [0.2, 0.25) is 0 Å². The summed E-state index contributed by atoms with van der Waals surface area (Å²) in [7, 11) is 0. The predicted molar refractivity (Wildman–Crippen MR) is 78.9 cm³/mol. The summed E-state index contributed by atoms with van der Waals surface area (Å²) < 4.78 is 0. The van der Waals surface area contributed by atoms with Crippen LogP contribution in [-0.4, -0.2) is 10.4 Å². The van der Waals surface area contributed by atoms with Crippen molar-refractivity contribution < 1.29 is 5.11 Å². The van der Waals surface area contributed by atoms with E-state index in [-0.39, 0.29) is 6.10 Å². The summed E-state index contributed by atoms with van der Waals surface area (Å²) in [6.45, 7) is 6.57. The lowest BCUT2D eigenvalue weighted by atomic mass is 9.83. The van der Waals surface area contributed by atoms with Crippen molar-refractivity contribution in [2.45, 2.75) is 56.3 Å². The Morgan fingerprint density at radius 3 is 2.44 bits per heavy atom. The first-order valence-electron chi connectivity index (χ1n) is 6.99. The van der Waals surface area contributed by atoms with Gasteiger partial charge in [0.1, 0.15) is 0 Å². The predicted octanol–water partition coefficient (Wildman–Crippen LogP) is 4.66. The molecule has 0 aromatic heterocycles. The molecule has 2 heteroatoms. The molecule has 0 amide bonds. The molecule has 100 valence electrons. The van der Waals surface area contributed by atoms with E-state index in [4.69, 9.17) is 0 Å². The van der Waals surface area contributed by atoms with Crippen LogP contribution in [0.3, 0.4) is 0 Å². The summed E-state index contributed by atoms with van der Waals surface area (Å²) >= 11 is 1.99. The van der Waals surface area contributed by atoms with Crippen LogP contribution in [0.25, 0.3) is 0 Å². The monoisotopic (exact) mass is 264 g/mol. The van der Waals surface area contributed by atoms with E-state index in [9.17, 15) is 5.11 Å². The van der Waals surface area contributed by atoms with Crippen LogP contribution in [0, 0.1) is 11.8 Å². The molecule has 0 spiro atoms. The van der Waals surface area contributed by atoms with Gasteiger partial charge >= 0.3 is 0 Å². The third-order valence-corrected chi connectivity index (χ3v) is 5.02. The fourth-order valence-corrected chi connectivity index (χ4v) is 4.61. The van der Waals surface area contributed by atoms with Gasteiger partial charge < -0.3 is 5.11 Å². The van der Waals surface area contributed by atoms with Gasteiger partial charge in [-0.15, -0.1) is 11.8 Å². The van der Waals surface area contributed by atoms with E-state index >= 15 is 0 Å². The number of hydrogen-bond acceptors (Lipinski definition) is 2. The summed E-state index contributed by atoms with van der Waals surface area (Å²) in [4.78, 5) is 1.31. The Kier molecular flexibility index (Phi) is 4.74. The maximum absolute atomic E-state index is 9.63. The molecular weight excluding hydrogens is 240 g/mol. The molecule has 1 aliphatic rings. The SMILES string of the molecule is CC1CC(C)CC(Sc2cccc(C(C)O)c2)C1. The Bertz CT molecular complexity index is 378. The Balaban J connectivity index is 2.02. The lowest BCUT2D eigenvalue weighted by molar-refractivity contribution is 0.199. The summed E-state index contributed by atoms with van der Waals surface area (Å²) in [5.74, 6) is 1.71. The van der Waals surface area contributed by atoms with Crippen LogP contribution in [0.15, 0.2) is 29.2 Å². The van der Waals surface area contributed by atoms with Gasteiger partial charge in [0.15, 0.2) is 0 Å². The van der Waals surface area contributed by atoms with Gasteiger partial charge in [-0.05, 0) is 55.7 Å². The zero-order valence-electron chi connectivity index (χ0n) is 11.6. The maximum atomic E-state index is 9.63. The molecule has 0 bridgehead atoms. The lowest BCUT2D eigenvalue weighted by Gasteiger charge is -2.31. The first kappa shape index (κ1) is 14.0. The van der Waals surface area contributed by atoms with E-state index in [0.717, 1.165) is 22.6 Å². The van der Waals surface area contributed by atoms with Crippen molar-refractivity contribution in [3.63, 3.8) is 0 Å². The molecule has 0 saturated heterocycles. The molecule has 1 aromatic rings. The minimum atomic E-state index is -0.366. The quantitative estimate of drug-likeness (QED) is 0.857. The number of thioether (sulfide) groups is 1. The van der Waals surface area contributed by atoms with Crippen LogP contribution in [0.1, 0.15) is 51.7 Å². The third-order valence-electron chi connectivity index (χ3n) is 3.78. The van der Waals surface area contributed by atoms with Gasteiger partial charge in [-0.2, -0.15) is 0 Å². The van der Waals surface area contributed by atoms with Gasteiger partial charge in [0.25, 0.3) is 0 Å². The number of rotatable bonds is 3. The third kappa shape index (κ3) is 3.76. The second kappa shape index (κ2) is 6.12. The standard InChI is InChI=1S/C16H24OS/c1-11-7-12(2)9-16(8-11)18-15-6-4-5-14(10-15)13(3)17/h4-6,10-13,16-17H,7-9H2,1-3H3. The van der Waals surface area contributed by atoms with E-state index in [2.05, 4.69) is 32.0 Å². The van der Waals surface area contributed by atoms with Crippen LogP contribution < -0.4 is 0 Å². The zero-order valence-corrected chi connectivity index (χ0v) is 12.4. The van der Waals surface area contributed by atoms with Crippen LogP contribution in [0.5, 0.6) is 0 Å². The van der Waals surface area contributed by atoms with Crippen molar-refractivity contribution in [2.24, 2.45) is 11.8 Å². The molecule has 1 fully saturated rings. The molecule has 1 N–H and O–H groups in total. The Labute approximate surface area is 115 Å². The van der Waals surface area contributed by atoms with Gasteiger partial charge in [-0.3, -0.25) is 0 Å². The molecule has 0 radical (unpaired) electrons. The Hall–Kier alpha value is -0.470. The van der Waals surface area contributed by atoms with Crippen LogP contribution in [-0.2, 0) is 0 Å². The highest BCUT2D eigenvalue weighted by molar-refractivity contribution is 8.00. The molecule has 1 aromatic carbocycles. The fourth-order valence-electron chi connectivity index (χ4n) is 3.01. The maximum Gasteiger partial charge on any atom is 0.0762 e. The number of hydrogen-bond donors (Lipinski definition) is 1. The van der Waals surface area contributed by atoms with Crippen molar-refractivity contribution in [3.05, 3.63) is 29.8 Å². The molecule has 3 unspecified atom stereocenters. The van der Waals surface area contributed by atoms with E-state index < -0.39 is 0 Å². The van der Waals surface area contributed by atoms with Crippen LogP contribution >= 0.6 is 11.8 Å².